The number of fused-ring (bicyclic) bond motifs is 2. The maximum absolute atomic E-state index is 13.7. The highest BCUT2D eigenvalue weighted by Crippen LogP contribution is 2.30. The lowest BCUT2D eigenvalue weighted by Gasteiger charge is -2.11. The molecule has 216 valence electrons. The van der Waals surface area contributed by atoms with Crippen LogP contribution < -0.4 is 16.6 Å². The number of aromatic amines is 1. The minimum atomic E-state index is -0.417. The van der Waals surface area contributed by atoms with Crippen molar-refractivity contribution in [1.82, 2.24) is 38.7 Å². The van der Waals surface area contributed by atoms with Gasteiger partial charge in [-0.1, -0.05) is 25.5 Å². The Morgan fingerprint density at radius 3 is 2.61 bits per heavy atom. The van der Waals surface area contributed by atoms with Crippen molar-refractivity contribution < 1.29 is 4.79 Å². The van der Waals surface area contributed by atoms with E-state index >= 15 is 0 Å². The van der Waals surface area contributed by atoms with Gasteiger partial charge < -0.3 is 19.8 Å². The molecule has 4 aromatic heterocycles. The maximum atomic E-state index is 13.7. The summed E-state index contributed by atoms with van der Waals surface area (Å²) in [6.45, 7) is 8.10. The molecule has 0 saturated carbocycles. The number of carbonyl (C=O) groups excluding carboxylic acids is 1. The van der Waals surface area contributed by atoms with Gasteiger partial charge in [0.1, 0.15) is 11.1 Å². The fourth-order valence-electron chi connectivity index (χ4n) is 5.27. The van der Waals surface area contributed by atoms with Crippen LogP contribution in [0.5, 0.6) is 0 Å². The van der Waals surface area contributed by atoms with Gasteiger partial charge in [0.15, 0.2) is 5.65 Å². The van der Waals surface area contributed by atoms with E-state index in [1.165, 1.54) is 7.05 Å². The van der Waals surface area contributed by atoms with E-state index in [4.69, 9.17) is 5.10 Å². The monoisotopic (exact) mass is 558 g/mol. The van der Waals surface area contributed by atoms with Gasteiger partial charge in [0.25, 0.3) is 11.5 Å². The summed E-state index contributed by atoms with van der Waals surface area (Å²) in [5, 5.41) is 9.28. The molecule has 4 heterocycles. The standard InChI is InChI=1S/C30H38N8O3/c1-18(2)15-37-27-25(29(40)36(7)30(37)41)26(24-13-20(16-35(24)6)28(39)31-10-11-34(4)5)38(33-27)17-21-14-32-23-9-8-19(3)12-22(21)23/h8-9,12-14,16,18,32H,10-11,15,17H2,1-7H3,(H,31,39). The first-order chi connectivity index (χ1) is 19.5. The largest absolute Gasteiger partial charge is 0.361 e. The Morgan fingerprint density at radius 1 is 1.15 bits per heavy atom. The van der Waals surface area contributed by atoms with Crippen LogP contribution in [0.2, 0.25) is 0 Å². The number of nitrogens with zero attached hydrogens (tertiary/aromatic N) is 6. The van der Waals surface area contributed by atoms with Crippen LogP contribution in [-0.2, 0) is 27.2 Å². The average Bonchev–Trinajstić information content (AvgIpc) is 3.60. The molecule has 0 saturated heterocycles. The van der Waals surface area contributed by atoms with E-state index in [9.17, 15) is 14.4 Å². The van der Waals surface area contributed by atoms with Crippen molar-refractivity contribution in [2.24, 2.45) is 20.0 Å². The van der Waals surface area contributed by atoms with Crippen LogP contribution in [0.1, 0.15) is 35.3 Å². The molecule has 0 atom stereocenters. The second-order valence-corrected chi connectivity index (χ2v) is 11.5. The van der Waals surface area contributed by atoms with E-state index < -0.39 is 11.2 Å². The van der Waals surface area contributed by atoms with Gasteiger partial charge in [0.05, 0.1) is 17.8 Å². The van der Waals surface area contributed by atoms with Crippen molar-refractivity contribution in [2.45, 2.75) is 33.9 Å². The number of aromatic nitrogens is 6. The zero-order chi connectivity index (χ0) is 29.6. The summed E-state index contributed by atoms with van der Waals surface area (Å²) < 4.78 is 6.35. The highest BCUT2D eigenvalue weighted by Gasteiger charge is 2.26. The summed E-state index contributed by atoms with van der Waals surface area (Å²) in [5.74, 6) is -0.0353. The average molecular weight is 559 g/mol. The molecule has 0 aliphatic rings. The molecule has 1 amide bonds. The van der Waals surface area contributed by atoms with Gasteiger partial charge in [0.2, 0.25) is 0 Å². The SMILES string of the molecule is Cc1ccc2[nH]cc(Cn3nc4c(c3-c3cc(C(=O)NCCN(C)C)cn3C)c(=O)n(C)c(=O)n4CC(C)C)c2c1. The summed E-state index contributed by atoms with van der Waals surface area (Å²) >= 11 is 0. The molecule has 11 nitrogen and oxygen atoms in total. The second kappa shape index (κ2) is 10.9. The fraction of sp³-hybridized carbons (Fsp3) is 0.400. The van der Waals surface area contributed by atoms with E-state index in [2.05, 4.69) is 22.4 Å². The molecule has 11 heteroatoms. The van der Waals surface area contributed by atoms with Crippen LogP contribution in [0.3, 0.4) is 0 Å². The Bertz CT molecular complexity index is 1880. The van der Waals surface area contributed by atoms with E-state index in [1.54, 1.807) is 21.5 Å². The second-order valence-electron chi connectivity index (χ2n) is 11.5. The van der Waals surface area contributed by atoms with Crippen LogP contribution in [0.15, 0.2) is 46.2 Å². The van der Waals surface area contributed by atoms with Crippen LogP contribution in [0.4, 0.5) is 0 Å². The van der Waals surface area contributed by atoms with E-state index in [0.29, 0.717) is 47.6 Å². The number of amides is 1. The van der Waals surface area contributed by atoms with Crippen molar-refractivity contribution in [1.29, 1.82) is 0 Å². The van der Waals surface area contributed by atoms with Gasteiger partial charge in [-0.05, 0) is 50.7 Å². The molecule has 0 aliphatic carbocycles. The maximum Gasteiger partial charge on any atom is 0.332 e. The number of aryl methyl sites for hydroxylation is 2. The normalized spacial score (nSPS) is 11.9. The van der Waals surface area contributed by atoms with Crippen LogP contribution in [-0.4, -0.2) is 66.5 Å². The summed E-state index contributed by atoms with van der Waals surface area (Å²) in [5.41, 5.74) is 4.38. The number of likely N-dealkylation sites (N-methyl/N-ethyl adjacent to an activating group) is 1. The van der Waals surface area contributed by atoms with Crippen LogP contribution >= 0.6 is 0 Å². The zero-order valence-corrected chi connectivity index (χ0v) is 24.8. The highest BCUT2D eigenvalue weighted by molar-refractivity contribution is 5.97. The number of benzene rings is 1. The van der Waals surface area contributed by atoms with Crippen LogP contribution in [0.25, 0.3) is 33.3 Å². The number of hydrogen-bond donors (Lipinski definition) is 2. The van der Waals surface area contributed by atoms with Crippen molar-refractivity contribution >= 4 is 27.8 Å². The van der Waals surface area contributed by atoms with Gasteiger partial charge in [-0.3, -0.25) is 23.4 Å². The molecule has 0 aliphatic heterocycles. The first-order valence-corrected chi connectivity index (χ1v) is 13.8. The third-order valence-corrected chi connectivity index (χ3v) is 7.37. The van der Waals surface area contributed by atoms with Gasteiger partial charge in [-0.25, -0.2) is 4.79 Å². The quantitative estimate of drug-likeness (QED) is 0.289. The predicted octanol–water partition coefficient (Wildman–Crippen LogP) is 2.69. The topological polar surface area (TPSA) is 115 Å². The lowest BCUT2D eigenvalue weighted by molar-refractivity contribution is 0.0951. The summed E-state index contributed by atoms with van der Waals surface area (Å²) in [6.07, 6.45) is 3.71. The van der Waals surface area contributed by atoms with Gasteiger partial charge in [-0.2, -0.15) is 5.10 Å². The lowest BCUT2D eigenvalue weighted by Crippen LogP contribution is -2.38. The summed E-state index contributed by atoms with van der Waals surface area (Å²) in [7, 11) is 7.25. The number of rotatable bonds is 9. The minimum Gasteiger partial charge on any atom is -0.361 e. The first kappa shape index (κ1) is 28.2. The number of hydrogen-bond acceptors (Lipinski definition) is 5. The van der Waals surface area contributed by atoms with Gasteiger partial charge in [0, 0.05) is 57.0 Å². The van der Waals surface area contributed by atoms with Crippen molar-refractivity contribution in [2.75, 3.05) is 27.2 Å². The lowest BCUT2D eigenvalue weighted by atomic mass is 10.1. The molecule has 0 fully saturated rings. The third kappa shape index (κ3) is 5.24. The van der Waals surface area contributed by atoms with E-state index in [-0.39, 0.29) is 11.8 Å². The molecule has 1 aromatic carbocycles. The fourth-order valence-corrected chi connectivity index (χ4v) is 5.27. The molecule has 5 rings (SSSR count). The van der Waals surface area contributed by atoms with Crippen molar-refractivity contribution in [3.63, 3.8) is 0 Å². The van der Waals surface area contributed by atoms with Crippen LogP contribution in [0, 0.1) is 12.8 Å². The third-order valence-electron chi connectivity index (χ3n) is 7.37. The smallest absolute Gasteiger partial charge is 0.332 e. The number of H-pyrrole nitrogens is 1. The van der Waals surface area contributed by atoms with Gasteiger partial charge >= 0.3 is 5.69 Å². The van der Waals surface area contributed by atoms with E-state index in [0.717, 1.165) is 33.1 Å². The molecule has 0 radical (unpaired) electrons. The van der Waals surface area contributed by atoms with Crippen molar-refractivity contribution in [3.05, 3.63) is 74.2 Å². The summed E-state index contributed by atoms with van der Waals surface area (Å²) in [6, 6.07) is 8.01. The van der Waals surface area contributed by atoms with E-state index in [1.807, 2.05) is 63.6 Å². The highest BCUT2D eigenvalue weighted by atomic mass is 16.2. The Labute approximate surface area is 238 Å². The molecular weight excluding hydrogens is 520 g/mol. The van der Waals surface area contributed by atoms with Crippen molar-refractivity contribution in [3.8, 4) is 11.4 Å². The molecule has 0 unspecified atom stereocenters. The molecule has 0 spiro atoms. The first-order valence-electron chi connectivity index (χ1n) is 13.8. The molecule has 2 N–H and O–H groups in total. The Balaban J connectivity index is 1.73. The van der Waals surface area contributed by atoms with Gasteiger partial charge in [-0.15, -0.1) is 0 Å². The molecular formula is C30H38N8O3. The molecule has 0 bridgehead atoms. The Hall–Kier alpha value is -4.38. The number of carbonyl (C=O) groups is 1. The zero-order valence-electron chi connectivity index (χ0n) is 24.8. The Morgan fingerprint density at radius 2 is 1.90 bits per heavy atom. The minimum absolute atomic E-state index is 0.158. The predicted molar refractivity (Wildman–Crippen MR) is 162 cm³/mol. The molecule has 5 aromatic rings. The molecule has 41 heavy (non-hydrogen) atoms. The Kier molecular flexibility index (Phi) is 7.48. The summed E-state index contributed by atoms with van der Waals surface area (Å²) in [4.78, 5) is 45.3. The number of nitrogens with one attached hydrogen (secondary N) is 2.